The molecule has 2 aromatic heterocycles. The molecule has 0 bridgehead atoms. The number of para-hydroxylation sites is 1. The predicted molar refractivity (Wildman–Crippen MR) is 81.5 cm³/mol. The van der Waals surface area contributed by atoms with Crippen LogP contribution in [0.5, 0.6) is 0 Å². The number of rotatable bonds is 3. The van der Waals surface area contributed by atoms with Crippen LogP contribution >= 0.6 is 0 Å². The lowest BCUT2D eigenvalue weighted by atomic mass is 10.2. The van der Waals surface area contributed by atoms with Gasteiger partial charge in [-0.25, -0.2) is 4.98 Å². The maximum atomic E-state index is 12.4. The van der Waals surface area contributed by atoms with E-state index in [1.54, 1.807) is 24.4 Å². The lowest BCUT2D eigenvalue weighted by Crippen LogP contribution is -2.15. The Labute approximate surface area is 122 Å². The summed E-state index contributed by atoms with van der Waals surface area (Å²) in [5, 5.41) is 0.866. The smallest absolute Gasteiger partial charge is 0.276 e. The third-order valence-electron chi connectivity index (χ3n) is 3.04. The van der Waals surface area contributed by atoms with Gasteiger partial charge in [0.25, 0.3) is 10.0 Å². The van der Waals surface area contributed by atoms with Gasteiger partial charge in [-0.15, -0.1) is 0 Å². The summed E-state index contributed by atoms with van der Waals surface area (Å²) in [7, 11) is -3.73. The average molecular weight is 299 g/mol. The first-order valence-electron chi connectivity index (χ1n) is 6.35. The molecule has 0 saturated carbocycles. The van der Waals surface area contributed by atoms with Crippen molar-refractivity contribution in [2.24, 2.45) is 0 Å². The number of pyridine rings is 2. The van der Waals surface area contributed by atoms with E-state index in [-0.39, 0.29) is 5.03 Å². The number of hydrogen-bond donors (Lipinski definition) is 1. The molecule has 0 radical (unpaired) electrons. The zero-order valence-corrected chi connectivity index (χ0v) is 12.1. The Kier molecular flexibility index (Phi) is 3.31. The summed E-state index contributed by atoms with van der Waals surface area (Å²) in [5.74, 6) is 0. The van der Waals surface area contributed by atoms with E-state index in [0.717, 1.165) is 10.9 Å². The largest absolute Gasteiger partial charge is 0.279 e. The van der Waals surface area contributed by atoms with Crippen molar-refractivity contribution >= 4 is 26.6 Å². The van der Waals surface area contributed by atoms with Crippen LogP contribution in [0.1, 0.15) is 5.56 Å². The zero-order chi connectivity index (χ0) is 14.9. The van der Waals surface area contributed by atoms with Crippen LogP contribution in [0.15, 0.2) is 59.9 Å². The molecule has 1 N–H and O–H groups in total. The molecule has 6 heteroatoms. The van der Waals surface area contributed by atoms with E-state index < -0.39 is 10.0 Å². The standard InChI is InChI=1S/C15H13N3O2S/c1-11-7-9-16-14(10-11)21(19,20)18-13-6-2-4-12-5-3-8-17-15(12)13/h2-10,18H,1H3. The highest BCUT2D eigenvalue weighted by atomic mass is 32.2. The van der Waals surface area contributed by atoms with Gasteiger partial charge in [0.15, 0.2) is 5.03 Å². The van der Waals surface area contributed by atoms with Crippen molar-refractivity contribution in [3.05, 3.63) is 60.4 Å². The Balaban J connectivity index is 2.06. The van der Waals surface area contributed by atoms with Crippen LogP contribution in [0, 0.1) is 6.92 Å². The number of sulfonamides is 1. The van der Waals surface area contributed by atoms with E-state index in [9.17, 15) is 8.42 Å². The Hall–Kier alpha value is -2.47. The molecule has 3 aromatic rings. The second-order valence-corrected chi connectivity index (χ2v) is 6.29. The van der Waals surface area contributed by atoms with Gasteiger partial charge < -0.3 is 0 Å². The second kappa shape index (κ2) is 5.14. The van der Waals surface area contributed by atoms with Crippen molar-refractivity contribution in [2.75, 3.05) is 4.72 Å². The molecule has 2 heterocycles. The topological polar surface area (TPSA) is 72.0 Å². The van der Waals surface area contributed by atoms with E-state index in [1.807, 2.05) is 25.1 Å². The van der Waals surface area contributed by atoms with E-state index in [0.29, 0.717) is 11.2 Å². The molecule has 106 valence electrons. The molecule has 0 aliphatic carbocycles. The highest BCUT2D eigenvalue weighted by molar-refractivity contribution is 7.92. The summed E-state index contributed by atoms with van der Waals surface area (Å²) in [4.78, 5) is 8.15. The second-order valence-electron chi connectivity index (χ2n) is 4.66. The van der Waals surface area contributed by atoms with E-state index >= 15 is 0 Å². The Morgan fingerprint density at radius 2 is 1.81 bits per heavy atom. The molecule has 3 rings (SSSR count). The minimum absolute atomic E-state index is 0.00423. The van der Waals surface area contributed by atoms with Crippen LogP contribution in [0.4, 0.5) is 5.69 Å². The molecule has 1 aromatic carbocycles. The Morgan fingerprint density at radius 3 is 2.62 bits per heavy atom. The molecule has 5 nitrogen and oxygen atoms in total. The summed E-state index contributed by atoms with van der Waals surface area (Å²) >= 11 is 0. The van der Waals surface area contributed by atoms with E-state index in [2.05, 4.69) is 14.7 Å². The number of aryl methyl sites for hydroxylation is 1. The maximum Gasteiger partial charge on any atom is 0.279 e. The van der Waals surface area contributed by atoms with Crippen LogP contribution in [0.2, 0.25) is 0 Å². The van der Waals surface area contributed by atoms with Gasteiger partial charge >= 0.3 is 0 Å². The summed E-state index contributed by atoms with van der Waals surface area (Å²) in [6.07, 6.45) is 3.11. The highest BCUT2D eigenvalue weighted by Gasteiger charge is 2.17. The molecule has 0 atom stereocenters. The van der Waals surface area contributed by atoms with Crippen LogP contribution < -0.4 is 4.72 Å². The van der Waals surface area contributed by atoms with Gasteiger partial charge in [-0.1, -0.05) is 18.2 Å². The molecule has 21 heavy (non-hydrogen) atoms. The van der Waals surface area contributed by atoms with Crippen molar-refractivity contribution in [3.8, 4) is 0 Å². The van der Waals surface area contributed by atoms with Gasteiger partial charge in [0, 0.05) is 17.8 Å². The summed E-state index contributed by atoms with van der Waals surface area (Å²) < 4.78 is 27.3. The number of anilines is 1. The minimum atomic E-state index is -3.73. The van der Waals surface area contributed by atoms with Crippen molar-refractivity contribution < 1.29 is 8.42 Å². The zero-order valence-electron chi connectivity index (χ0n) is 11.3. The van der Waals surface area contributed by atoms with E-state index in [4.69, 9.17) is 0 Å². The molecule has 0 aliphatic rings. The van der Waals surface area contributed by atoms with Crippen LogP contribution in [0.25, 0.3) is 10.9 Å². The fourth-order valence-corrected chi connectivity index (χ4v) is 3.14. The van der Waals surface area contributed by atoms with Gasteiger partial charge in [0.1, 0.15) is 0 Å². The molecule has 0 fully saturated rings. The lowest BCUT2D eigenvalue weighted by Gasteiger charge is -2.09. The molecule has 0 amide bonds. The first-order chi connectivity index (χ1) is 10.1. The lowest BCUT2D eigenvalue weighted by molar-refractivity contribution is 0.597. The maximum absolute atomic E-state index is 12.4. The molecule has 0 aliphatic heterocycles. The van der Waals surface area contributed by atoms with Crippen molar-refractivity contribution in [1.29, 1.82) is 0 Å². The van der Waals surface area contributed by atoms with Gasteiger partial charge in [-0.05, 0) is 36.8 Å². The SMILES string of the molecule is Cc1ccnc(S(=O)(=O)Nc2cccc3cccnc23)c1. The fraction of sp³-hybridized carbons (Fsp3) is 0.0667. The third-order valence-corrected chi connectivity index (χ3v) is 4.31. The predicted octanol–water partition coefficient (Wildman–Crippen LogP) is 2.74. The first kappa shape index (κ1) is 13.5. The molecule has 0 unspecified atom stereocenters. The number of nitrogens with one attached hydrogen (secondary N) is 1. The van der Waals surface area contributed by atoms with Crippen molar-refractivity contribution in [1.82, 2.24) is 9.97 Å². The number of nitrogens with zero attached hydrogens (tertiary/aromatic N) is 2. The molecule has 0 saturated heterocycles. The molecular weight excluding hydrogens is 286 g/mol. The summed E-state index contributed by atoms with van der Waals surface area (Å²) in [6, 6.07) is 12.3. The van der Waals surface area contributed by atoms with Crippen molar-refractivity contribution in [3.63, 3.8) is 0 Å². The van der Waals surface area contributed by atoms with E-state index in [1.165, 1.54) is 12.3 Å². The van der Waals surface area contributed by atoms with Gasteiger partial charge in [0.2, 0.25) is 0 Å². The van der Waals surface area contributed by atoms with Crippen LogP contribution in [0.3, 0.4) is 0 Å². The highest BCUT2D eigenvalue weighted by Crippen LogP contribution is 2.23. The molecular formula is C15H13N3O2S. The number of aromatic nitrogens is 2. The van der Waals surface area contributed by atoms with Crippen LogP contribution in [-0.2, 0) is 10.0 Å². The fourth-order valence-electron chi connectivity index (χ4n) is 2.04. The monoisotopic (exact) mass is 299 g/mol. The third kappa shape index (κ3) is 2.71. The Morgan fingerprint density at radius 1 is 1.00 bits per heavy atom. The minimum Gasteiger partial charge on any atom is -0.276 e. The Bertz CT molecular complexity index is 902. The molecule has 0 spiro atoms. The van der Waals surface area contributed by atoms with Gasteiger partial charge in [0.05, 0.1) is 11.2 Å². The number of fused-ring (bicyclic) bond motifs is 1. The normalized spacial score (nSPS) is 11.5. The number of benzene rings is 1. The van der Waals surface area contributed by atoms with Crippen molar-refractivity contribution in [2.45, 2.75) is 11.9 Å². The summed E-state index contributed by atoms with van der Waals surface area (Å²) in [6.45, 7) is 1.82. The van der Waals surface area contributed by atoms with Gasteiger partial charge in [-0.2, -0.15) is 8.42 Å². The van der Waals surface area contributed by atoms with Gasteiger partial charge in [-0.3, -0.25) is 9.71 Å². The first-order valence-corrected chi connectivity index (χ1v) is 7.84. The van der Waals surface area contributed by atoms with Crippen LogP contribution in [-0.4, -0.2) is 18.4 Å². The quantitative estimate of drug-likeness (QED) is 0.807. The average Bonchev–Trinajstić information content (AvgIpc) is 2.47. The number of hydrogen-bond acceptors (Lipinski definition) is 4. The summed E-state index contributed by atoms with van der Waals surface area (Å²) in [5.41, 5.74) is 1.88.